The predicted molar refractivity (Wildman–Crippen MR) is 66.8 cm³/mol. The van der Waals surface area contributed by atoms with Crippen molar-refractivity contribution in [3.63, 3.8) is 0 Å². The van der Waals surface area contributed by atoms with E-state index in [9.17, 15) is 13.2 Å². The van der Waals surface area contributed by atoms with Gasteiger partial charge in [-0.05, 0) is 18.2 Å². The van der Waals surface area contributed by atoms with Crippen LogP contribution in [0.5, 0.6) is 0 Å². The molecule has 2 rings (SSSR count). The molecule has 0 spiro atoms. The zero-order valence-electron chi connectivity index (χ0n) is 10.4. The Balaban J connectivity index is 1.95. The van der Waals surface area contributed by atoms with Gasteiger partial charge in [0.2, 0.25) is 0 Å². The fourth-order valence-electron chi connectivity index (χ4n) is 1.76. The van der Waals surface area contributed by atoms with Gasteiger partial charge in [0, 0.05) is 38.1 Å². The van der Waals surface area contributed by atoms with E-state index in [1.165, 1.54) is 6.07 Å². The van der Waals surface area contributed by atoms with E-state index in [1.807, 2.05) is 17.8 Å². The van der Waals surface area contributed by atoms with Crippen LogP contribution in [0.15, 0.2) is 36.7 Å². The summed E-state index contributed by atoms with van der Waals surface area (Å²) in [7, 11) is 1.88. The second-order valence-corrected chi connectivity index (χ2v) is 4.21. The van der Waals surface area contributed by atoms with Gasteiger partial charge in [0.25, 0.3) is 0 Å². The number of aromatic nitrogens is 2. The zero-order chi connectivity index (χ0) is 13.9. The van der Waals surface area contributed by atoms with Crippen molar-refractivity contribution in [3.8, 4) is 0 Å². The molecule has 1 aromatic heterocycles. The molecule has 0 amide bonds. The normalized spacial score (nSPS) is 11.6. The second-order valence-electron chi connectivity index (χ2n) is 4.21. The Labute approximate surface area is 109 Å². The molecule has 0 aliphatic rings. The number of aryl methyl sites for hydroxylation is 1. The largest absolute Gasteiger partial charge is 0.416 e. The molecule has 0 radical (unpaired) electrons. The van der Waals surface area contributed by atoms with E-state index >= 15 is 0 Å². The van der Waals surface area contributed by atoms with Crippen LogP contribution >= 0.6 is 0 Å². The molecular weight excluding hydrogens is 255 g/mol. The first-order valence-electron chi connectivity index (χ1n) is 5.84. The average Bonchev–Trinajstić information content (AvgIpc) is 2.75. The van der Waals surface area contributed by atoms with Crippen LogP contribution in [0.2, 0.25) is 0 Å². The van der Waals surface area contributed by atoms with E-state index in [4.69, 9.17) is 0 Å². The minimum Gasteiger partial charge on any atom is -0.385 e. The second kappa shape index (κ2) is 5.34. The number of alkyl halides is 3. The standard InChI is InChI=1S/C13H14F3N3/c1-19-8-7-18-12(19)5-6-17-11-4-2-3-10(9-11)13(14,15)16/h2-4,7-9,17H,5-6H2,1H3. The lowest BCUT2D eigenvalue weighted by atomic mass is 10.2. The maximum absolute atomic E-state index is 12.5. The molecule has 0 atom stereocenters. The van der Waals surface area contributed by atoms with Gasteiger partial charge in [-0.2, -0.15) is 13.2 Å². The van der Waals surface area contributed by atoms with Crippen molar-refractivity contribution in [2.45, 2.75) is 12.6 Å². The van der Waals surface area contributed by atoms with Gasteiger partial charge in [-0.1, -0.05) is 6.07 Å². The first-order chi connectivity index (χ1) is 8.97. The SMILES string of the molecule is Cn1ccnc1CCNc1cccc(C(F)(F)F)c1. The lowest BCUT2D eigenvalue weighted by Gasteiger charge is -2.10. The Morgan fingerprint density at radius 2 is 2.11 bits per heavy atom. The van der Waals surface area contributed by atoms with Crippen molar-refractivity contribution in [2.75, 3.05) is 11.9 Å². The molecule has 0 unspecified atom stereocenters. The summed E-state index contributed by atoms with van der Waals surface area (Å²) in [5.74, 6) is 0.888. The van der Waals surface area contributed by atoms with Gasteiger partial charge in [-0.15, -0.1) is 0 Å². The molecule has 1 aromatic carbocycles. The molecule has 0 aliphatic heterocycles. The molecule has 0 fully saturated rings. The van der Waals surface area contributed by atoms with Gasteiger partial charge >= 0.3 is 6.18 Å². The third-order valence-electron chi connectivity index (χ3n) is 2.79. The first kappa shape index (κ1) is 13.5. The Morgan fingerprint density at radius 1 is 1.32 bits per heavy atom. The lowest BCUT2D eigenvalue weighted by molar-refractivity contribution is -0.137. The minimum absolute atomic E-state index is 0.462. The van der Waals surface area contributed by atoms with Crippen LogP contribution in [0, 0.1) is 0 Å². The fraction of sp³-hybridized carbons (Fsp3) is 0.308. The third kappa shape index (κ3) is 3.49. The highest BCUT2D eigenvalue weighted by Crippen LogP contribution is 2.30. The van der Waals surface area contributed by atoms with Gasteiger partial charge < -0.3 is 9.88 Å². The number of imidazole rings is 1. The van der Waals surface area contributed by atoms with Gasteiger partial charge in [0.05, 0.1) is 5.56 Å². The van der Waals surface area contributed by atoms with Crippen molar-refractivity contribution in [1.29, 1.82) is 0 Å². The van der Waals surface area contributed by atoms with Crippen LogP contribution in [0.1, 0.15) is 11.4 Å². The summed E-state index contributed by atoms with van der Waals surface area (Å²) in [6.07, 6.45) is -0.129. The Kier molecular flexibility index (Phi) is 3.78. The number of nitrogens with zero attached hydrogens (tertiary/aromatic N) is 2. The fourth-order valence-corrected chi connectivity index (χ4v) is 1.76. The Morgan fingerprint density at radius 3 is 2.74 bits per heavy atom. The first-order valence-corrected chi connectivity index (χ1v) is 5.84. The van der Waals surface area contributed by atoms with Crippen molar-refractivity contribution in [2.24, 2.45) is 7.05 Å². The van der Waals surface area contributed by atoms with E-state index in [0.717, 1.165) is 18.0 Å². The number of rotatable bonds is 4. The molecular formula is C13H14F3N3. The van der Waals surface area contributed by atoms with Gasteiger partial charge in [-0.25, -0.2) is 4.98 Å². The highest BCUT2D eigenvalue weighted by molar-refractivity contribution is 5.46. The topological polar surface area (TPSA) is 29.9 Å². The zero-order valence-corrected chi connectivity index (χ0v) is 10.4. The number of benzene rings is 1. The third-order valence-corrected chi connectivity index (χ3v) is 2.79. The summed E-state index contributed by atoms with van der Waals surface area (Å²) in [6.45, 7) is 0.534. The highest BCUT2D eigenvalue weighted by Gasteiger charge is 2.30. The smallest absolute Gasteiger partial charge is 0.385 e. The maximum atomic E-state index is 12.5. The summed E-state index contributed by atoms with van der Waals surface area (Å²) in [5, 5.41) is 2.97. The predicted octanol–water partition coefficient (Wildman–Crippen LogP) is 3.09. The summed E-state index contributed by atoms with van der Waals surface area (Å²) in [5.41, 5.74) is -0.182. The van der Waals surface area contributed by atoms with Crippen molar-refractivity contribution >= 4 is 5.69 Å². The van der Waals surface area contributed by atoms with Crippen LogP contribution in [0.25, 0.3) is 0 Å². The molecule has 1 heterocycles. The molecule has 0 saturated heterocycles. The van der Waals surface area contributed by atoms with E-state index < -0.39 is 11.7 Å². The number of hydrogen-bond acceptors (Lipinski definition) is 2. The van der Waals surface area contributed by atoms with Gasteiger partial charge in [0.15, 0.2) is 0 Å². The van der Waals surface area contributed by atoms with Gasteiger partial charge in [0.1, 0.15) is 5.82 Å². The molecule has 2 aromatic rings. The minimum atomic E-state index is -4.31. The quantitative estimate of drug-likeness (QED) is 0.924. The van der Waals surface area contributed by atoms with E-state index in [2.05, 4.69) is 10.3 Å². The number of nitrogens with one attached hydrogen (secondary N) is 1. The van der Waals surface area contributed by atoms with E-state index in [0.29, 0.717) is 18.7 Å². The molecule has 19 heavy (non-hydrogen) atoms. The Bertz CT molecular complexity index is 546. The molecule has 102 valence electrons. The van der Waals surface area contributed by atoms with Crippen LogP contribution in [0.4, 0.5) is 18.9 Å². The number of halogens is 3. The average molecular weight is 269 g/mol. The summed E-state index contributed by atoms with van der Waals surface area (Å²) < 4.78 is 39.5. The molecule has 1 N–H and O–H groups in total. The van der Waals surface area contributed by atoms with Crippen LogP contribution in [0.3, 0.4) is 0 Å². The van der Waals surface area contributed by atoms with Crippen LogP contribution in [-0.4, -0.2) is 16.1 Å². The molecule has 3 nitrogen and oxygen atoms in total. The Hall–Kier alpha value is -1.98. The number of anilines is 1. The summed E-state index contributed by atoms with van der Waals surface area (Å²) in [6, 6.07) is 5.18. The van der Waals surface area contributed by atoms with E-state index in [1.54, 1.807) is 12.3 Å². The van der Waals surface area contributed by atoms with Crippen molar-refractivity contribution in [1.82, 2.24) is 9.55 Å². The lowest BCUT2D eigenvalue weighted by Crippen LogP contribution is -2.10. The maximum Gasteiger partial charge on any atom is 0.416 e. The van der Waals surface area contributed by atoms with E-state index in [-0.39, 0.29) is 0 Å². The van der Waals surface area contributed by atoms with Gasteiger partial charge in [-0.3, -0.25) is 0 Å². The highest BCUT2D eigenvalue weighted by atomic mass is 19.4. The molecule has 0 aliphatic carbocycles. The summed E-state index contributed by atoms with van der Waals surface area (Å²) >= 11 is 0. The van der Waals surface area contributed by atoms with Crippen molar-refractivity contribution < 1.29 is 13.2 Å². The number of hydrogen-bond donors (Lipinski definition) is 1. The van der Waals surface area contributed by atoms with Crippen LogP contribution in [-0.2, 0) is 19.6 Å². The molecule has 0 saturated carbocycles. The van der Waals surface area contributed by atoms with Crippen LogP contribution < -0.4 is 5.32 Å². The molecule has 6 heteroatoms. The monoisotopic (exact) mass is 269 g/mol. The van der Waals surface area contributed by atoms with Crippen molar-refractivity contribution in [3.05, 3.63) is 48.0 Å². The summed E-state index contributed by atoms with van der Waals surface area (Å²) in [4.78, 5) is 4.15. The molecule has 0 bridgehead atoms.